The summed E-state index contributed by atoms with van der Waals surface area (Å²) in [5.41, 5.74) is 5.04. The maximum absolute atomic E-state index is 13.8. The highest BCUT2D eigenvalue weighted by atomic mass is 19.1. The third-order valence-corrected chi connectivity index (χ3v) is 5.95. The molecule has 2 amide bonds. The third kappa shape index (κ3) is 3.90. The summed E-state index contributed by atoms with van der Waals surface area (Å²) in [5.74, 6) is -1.01. The minimum Gasteiger partial charge on any atom is -0.379 e. The molecule has 1 aliphatic heterocycles. The van der Waals surface area contributed by atoms with Crippen molar-refractivity contribution in [2.75, 3.05) is 15.5 Å². The van der Waals surface area contributed by atoms with Crippen molar-refractivity contribution in [1.82, 2.24) is 0 Å². The van der Waals surface area contributed by atoms with E-state index in [1.54, 1.807) is 42.2 Å². The van der Waals surface area contributed by atoms with E-state index in [1.807, 2.05) is 48.5 Å². The molecule has 2 N–H and O–H groups in total. The maximum atomic E-state index is 13.8. The predicted molar refractivity (Wildman–Crippen MR) is 132 cm³/mol. The number of hydrogen-bond acceptors (Lipinski definition) is 3. The van der Waals surface area contributed by atoms with Gasteiger partial charge in [0.15, 0.2) is 0 Å². The van der Waals surface area contributed by atoms with Crippen LogP contribution in [-0.4, -0.2) is 11.8 Å². The van der Waals surface area contributed by atoms with Gasteiger partial charge in [-0.25, -0.2) is 4.39 Å². The van der Waals surface area contributed by atoms with Crippen LogP contribution in [0.4, 0.5) is 27.1 Å². The first-order valence-electron chi connectivity index (χ1n) is 10.9. The van der Waals surface area contributed by atoms with E-state index in [4.69, 9.17) is 0 Å². The molecule has 0 saturated carbocycles. The lowest BCUT2D eigenvalue weighted by Gasteiger charge is -2.24. The smallest absolute Gasteiger partial charge is 0.262 e. The van der Waals surface area contributed by atoms with Crippen molar-refractivity contribution < 1.29 is 14.0 Å². The van der Waals surface area contributed by atoms with Crippen molar-refractivity contribution in [3.8, 4) is 0 Å². The van der Waals surface area contributed by atoms with Crippen LogP contribution in [0, 0.1) is 12.7 Å². The third-order valence-electron chi connectivity index (χ3n) is 5.95. The standard InChI is InChI=1S/C28H22FN3O2/c1-18-22(8-6-9-23(18)29)27(33)31-21-15-13-19(14-16-21)28(34)32-25-11-4-2-7-20(25)17-30-24-10-3-5-12-26(24)32/h2-16,30H,17H2,1H3,(H,31,33). The summed E-state index contributed by atoms with van der Waals surface area (Å²) in [5, 5.41) is 6.18. The number of halogens is 1. The molecule has 0 atom stereocenters. The number of fused-ring (bicyclic) bond motifs is 2. The summed E-state index contributed by atoms with van der Waals surface area (Å²) in [4.78, 5) is 28.0. The van der Waals surface area contributed by atoms with Crippen molar-refractivity contribution in [3.05, 3.63) is 119 Å². The molecule has 168 valence electrons. The van der Waals surface area contributed by atoms with E-state index < -0.39 is 11.7 Å². The monoisotopic (exact) mass is 451 g/mol. The first kappa shape index (κ1) is 21.4. The molecule has 0 saturated heterocycles. The van der Waals surface area contributed by atoms with E-state index in [1.165, 1.54) is 12.1 Å². The molecule has 0 spiro atoms. The van der Waals surface area contributed by atoms with Crippen LogP contribution >= 0.6 is 0 Å². The van der Waals surface area contributed by atoms with Gasteiger partial charge in [-0.15, -0.1) is 0 Å². The summed E-state index contributed by atoms with van der Waals surface area (Å²) >= 11 is 0. The molecule has 4 aromatic rings. The zero-order chi connectivity index (χ0) is 23.7. The van der Waals surface area contributed by atoms with E-state index >= 15 is 0 Å². The number of amides is 2. The zero-order valence-corrected chi connectivity index (χ0v) is 18.5. The Morgan fingerprint density at radius 3 is 2.35 bits per heavy atom. The Morgan fingerprint density at radius 1 is 0.853 bits per heavy atom. The predicted octanol–water partition coefficient (Wildman–Crippen LogP) is 6.29. The summed E-state index contributed by atoms with van der Waals surface area (Å²) in [7, 11) is 0. The normalized spacial score (nSPS) is 12.1. The number of rotatable bonds is 3. The van der Waals surface area contributed by atoms with Gasteiger partial charge in [-0.05, 0) is 72.6 Å². The van der Waals surface area contributed by atoms with Crippen LogP contribution in [0.3, 0.4) is 0 Å². The molecule has 0 radical (unpaired) electrons. The van der Waals surface area contributed by atoms with Crippen LogP contribution in [0.15, 0.2) is 91.0 Å². The maximum Gasteiger partial charge on any atom is 0.262 e. The van der Waals surface area contributed by atoms with Crippen LogP contribution in [0.1, 0.15) is 31.8 Å². The van der Waals surface area contributed by atoms with Gasteiger partial charge in [0, 0.05) is 23.4 Å². The number of para-hydroxylation sites is 3. The lowest BCUT2D eigenvalue weighted by Crippen LogP contribution is -2.26. The number of nitrogens with one attached hydrogen (secondary N) is 2. The summed E-state index contributed by atoms with van der Waals surface area (Å²) in [6.45, 7) is 2.18. The average molecular weight is 452 g/mol. The number of nitrogens with zero attached hydrogens (tertiary/aromatic N) is 1. The Bertz CT molecular complexity index is 1350. The van der Waals surface area contributed by atoms with Gasteiger partial charge in [0.2, 0.25) is 0 Å². The van der Waals surface area contributed by atoms with Crippen molar-refractivity contribution in [1.29, 1.82) is 0 Å². The van der Waals surface area contributed by atoms with E-state index in [0.717, 1.165) is 22.6 Å². The molecule has 0 unspecified atom stereocenters. The molecular formula is C28H22FN3O2. The molecule has 0 aromatic heterocycles. The van der Waals surface area contributed by atoms with Gasteiger partial charge in [0.05, 0.1) is 17.1 Å². The molecule has 1 heterocycles. The SMILES string of the molecule is Cc1c(F)cccc1C(=O)Nc1ccc(C(=O)N2c3ccccc3CNc3ccccc32)cc1. The van der Waals surface area contributed by atoms with Crippen molar-refractivity contribution >= 4 is 34.6 Å². The molecule has 4 aromatic carbocycles. The Kier molecular flexibility index (Phi) is 5.55. The molecule has 5 nitrogen and oxygen atoms in total. The first-order chi connectivity index (χ1) is 16.5. The minimum atomic E-state index is -0.430. The van der Waals surface area contributed by atoms with Gasteiger partial charge >= 0.3 is 0 Å². The second kappa shape index (κ2) is 8.83. The van der Waals surface area contributed by atoms with Gasteiger partial charge < -0.3 is 10.6 Å². The highest BCUT2D eigenvalue weighted by Gasteiger charge is 2.26. The van der Waals surface area contributed by atoms with Crippen LogP contribution in [0.2, 0.25) is 0 Å². The number of carbonyl (C=O) groups is 2. The molecule has 1 aliphatic rings. The molecule has 0 aliphatic carbocycles. The highest BCUT2D eigenvalue weighted by molar-refractivity contribution is 6.13. The summed E-state index contributed by atoms with van der Waals surface area (Å²) < 4.78 is 13.8. The largest absolute Gasteiger partial charge is 0.379 e. The van der Waals surface area contributed by atoms with Gasteiger partial charge in [-0.1, -0.05) is 36.4 Å². The Hall–Kier alpha value is -4.45. The average Bonchev–Trinajstić information content (AvgIpc) is 3.02. The summed E-state index contributed by atoms with van der Waals surface area (Å²) in [6.07, 6.45) is 0. The molecule has 0 bridgehead atoms. The number of carbonyl (C=O) groups excluding carboxylic acids is 2. The van der Waals surface area contributed by atoms with Crippen LogP contribution in [0.5, 0.6) is 0 Å². The van der Waals surface area contributed by atoms with Crippen LogP contribution < -0.4 is 15.5 Å². The van der Waals surface area contributed by atoms with Gasteiger partial charge in [0.25, 0.3) is 11.8 Å². The second-order valence-corrected chi connectivity index (χ2v) is 8.08. The number of benzene rings is 4. The Balaban J connectivity index is 1.44. The fraction of sp³-hybridized carbons (Fsp3) is 0.0714. The van der Waals surface area contributed by atoms with Crippen molar-refractivity contribution in [2.24, 2.45) is 0 Å². The summed E-state index contributed by atoms with van der Waals surface area (Å²) in [6, 6.07) is 26.6. The van der Waals surface area contributed by atoms with E-state index in [0.29, 0.717) is 23.4 Å². The molecule has 5 rings (SSSR count). The number of hydrogen-bond donors (Lipinski definition) is 2. The second-order valence-electron chi connectivity index (χ2n) is 8.08. The lowest BCUT2D eigenvalue weighted by molar-refractivity contribution is 0.0997. The van der Waals surface area contributed by atoms with Crippen molar-refractivity contribution in [3.63, 3.8) is 0 Å². The van der Waals surface area contributed by atoms with E-state index in [9.17, 15) is 14.0 Å². The van der Waals surface area contributed by atoms with Gasteiger partial charge in [-0.3, -0.25) is 14.5 Å². The van der Waals surface area contributed by atoms with Gasteiger partial charge in [0.1, 0.15) is 5.82 Å². The molecule has 0 fully saturated rings. The lowest BCUT2D eigenvalue weighted by atomic mass is 10.1. The fourth-order valence-corrected chi connectivity index (χ4v) is 4.11. The van der Waals surface area contributed by atoms with Crippen LogP contribution in [0.25, 0.3) is 0 Å². The van der Waals surface area contributed by atoms with E-state index in [-0.39, 0.29) is 11.5 Å². The van der Waals surface area contributed by atoms with Crippen molar-refractivity contribution in [2.45, 2.75) is 13.5 Å². The topological polar surface area (TPSA) is 61.4 Å². The quantitative estimate of drug-likeness (QED) is 0.385. The minimum absolute atomic E-state index is 0.178. The highest BCUT2D eigenvalue weighted by Crippen LogP contribution is 2.38. The molecular weight excluding hydrogens is 429 g/mol. The first-order valence-corrected chi connectivity index (χ1v) is 10.9. The Labute approximate surface area is 196 Å². The van der Waals surface area contributed by atoms with Gasteiger partial charge in [-0.2, -0.15) is 0 Å². The Morgan fingerprint density at radius 2 is 1.56 bits per heavy atom. The molecule has 6 heteroatoms. The zero-order valence-electron chi connectivity index (χ0n) is 18.5. The van der Waals surface area contributed by atoms with E-state index in [2.05, 4.69) is 10.6 Å². The number of anilines is 4. The fourth-order valence-electron chi connectivity index (χ4n) is 4.11. The van der Waals surface area contributed by atoms with Crippen LogP contribution in [-0.2, 0) is 6.54 Å². The molecule has 34 heavy (non-hydrogen) atoms.